The molecule has 0 aliphatic heterocycles. The highest BCUT2D eigenvalue weighted by Gasteiger charge is 2.36. The van der Waals surface area contributed by atoms with Crippen molar-refractivity contribution in [1.29, 1.82) is 0 Å². The minimum Gasteiger partial charge on any atom is -0.350 e. The third-order valence-electron chi connectivity index (χ3n) is 2.56. The van der Waals surface area contributed by atoms with E-state index in [2.05, 4.69) is 28.0 Å². The molecule has 21 heavy (non-hydrogen) atoms. The van der Waals surface area contributed by atoms with Crippen molar-refractivity contribution in [2.24, 2.45) is 0 Å². The summed E-state index contributed by atoms with van der Waals surface area (Å²) in [5.74, 6) is -0.299. The zero-order valence-electron chi connectivity index (χ0n) is 10.7. The lowest BCUT2D eigenvalue weighted by Crippen LogP contribution is -2.26. The first-order chi connectivity index (χ1) is 9.75. The number of carbonyl (C=O) groups excluding carboxylic acids is 1. The number of aryl methyl sites for hydroxylation is 1. The molecule has 0 saturated carbocycles. The number of amides is 1. The number of halogens is 4. The number of alkyl halides is 3. The lowest BCUT2D eigenvalue weighted by atomic mass is 10.3. The van der Waals surface area contributed by atoms with E-state index in [0.29, 0.717) is 10.3 Å². The Balaban J connectivity index is 2.62. The maximum atomic E-state index is 13.0. The molecular formula is C11H10ClF3N4OS. The average Bonchev–Trinajstić information content (AvgIpc) is 2.72. The molecule has 1 amide bonds. The van der Waals surface area contributed by atoms with Crippen LogP contribution in [-0.4, -0.2) is 32.8 Å². The van der Waals surface area contributed by atoms with Gasteiger partial charge in [0.15, 0.2) is 11.3 Å². The van der Waals surface area contributed by atoms with Crippen molar-refractivity contribution in [2.75, 3.05) is 12.3 Å². The summed E-state index contributed by atoms with van der Waals surface area (Å²) in [7, 11) is 0. The third kappa shape index (κ3) is 3.08. The minimum atomic E-state index is -4.64. The number of hydrogen-bond donors (Lipinski definition) is 2. The van der Waals surface area contributed by atoms with Crippen LogP contribution in [0, 0.1) is 6.92 Å². The molecule has 0 spiro atoms. The standard InChI is InChI=1S/C11H10ClF3N4OS/c1-5-4-6(11(13,14)15)19-9(17-5)7(12)8(18-19)10(20)16-2-3-21/h4,21H,2-3H2,1H3,(H,16,20). The molecule has 0 bridgehead atoms. The highest BCUT2D eigenvalue weighted by atomic mass is 35.5. The number of carbonyl (C=O) groups is 1. The molecule has 5 nitrogen and oxygen atoms in total. The molecule has 1 N–H and O–H groups in total. The van der Waals surface area contributed by atoms with Crippen molar-refractivity contribution >= 4 is 35.8 Å². The van der Waals surface area contributed by atoms with Gasteiger partial charge in [0.2, 0.25) is 0 Å². The van der Waals surface area contributed by atoms with E-state index in [0.717, 1.165) is 6.07 Å². The first-order valence-electron chi connectivity index (χ1n) is 5.78. The zero-order chi connectivity index (χ0) is 15.8. The largest absolute Gasteiger partial charge is 0.433 e. The average molecular weight is 339 g/mol. The molecule has 2 aromatic rings. The van der Waals surface area contributed by atoms with Gasteiger partial charge in [-0.1, -0.05) is 11.6 Å². The van der Waals surface area contributed by atoms with Crippen molar-refractivity contribution in [3.63, 3.8) is 0 Å². The Labute approximate surface area is 127 Å². The number of nitrogens with one attached hydrogen (secondary N) is 1. The van der Waals surface area contributed by atoms with Gasteiger partial charge in [-0.25, -0.2) is 9.50 Å². The van der Waals surface area contributed by atoms with Crippen LogP contribution in [-0.2, 0) is 6.18 Å². The Morgan fingerprint density at radius 1 is 1.52 bits per heavy atom. The molecule has 0 aliphatic rings. The van der Waals surface area contributed by atoms with Crippen LogP contribution in [0.25, 0.3) is 5.65 Å². The monoisotopic (exact) mass is 338 g/mol. The number of fused-ring (bicyclic) bond motifs is 1. The van der Waals surface area contributed by atoms with E-state index in [1.807, 2.05) is 0 Å². The lowest BCUT2D eigenvalue weighted by molar-refractivity contribution is -0.142. The van der Waals surface area contributed by atoms with E-state index in [-0.39, 0.29) is 28.6 Å². The molecule has 0 radical (unpaired) electrons. The van der Waals surface area contributed by atoms with Crippen LogP contribution in [0.4, 0.5) is 13.2 Å². The number of hydrogen-bond acceptors (Lipinski definition) is 4. The van der Waals surface area contributed by atoms with E-state index >= 15 is 0 Å². The Morgan fingerprint density at radius 3 is 2.76 bits per heavy atom. The summed E-state index contributed by atoms with van der Waals surface area (Å²) in [6, 6.07) is 0.839. The van der Waals surface area contributed by atoms with Crippen LogP contribution < -0.4 is 5.32 Å². The van der Waals surface area contributed by atoms with Crippen molar-refractivity contribution in [3.8, 4) is 0 Å². The fourth-order valence-electron chi connectivity index (χ4n) is 1.71. The van der Waals surface area contributed by atoms with Gasteiger partial charge >= 0.3 is 6.18 Å². The van der Waals surface area contributed by atoms with Gasteiger partial charge in [-0.05, 0) is 13.0 Å². The first kappa shape index (κ1) is 15.9. The van der Waals surface area contributed by atoms with Gasteiger partial charge in [-0.15, -0.1) is 0 Å². The van der Waals surface area contributed by atoms with Gasteiger partial charge in [-0.2, -0.15) is 30.9 Å². The molecular weight excluding hydrogens is 329 g/mol. The highest BCUT2D eigenvalue weighted by molar-refractivity contribution is 7.80. The summed E-state index contributed by atoms with van der Waals surface area (Å²) in [6.07, 6.45) is -4.64. The fraction of sp³-hybridized carbons (Fsp3) is 0.364. The second-order valence-electron chi connectivity index (χ2n) is 4.16. The first-order valence-corrected chi connectivity index (χ1v) is 6.79. The van der Waals surface area contributed by atoms with Crippen molar-refractivity contribution < 1.29 is 18.0 Å². The zero-order valence-corrected chi connectivity index (χ0v) is 12.4. The third-order valence-corrected chi connectivity index (χ3v) is 3.14. The van der Waals surface area contributed by atoms with Crippen LogP contribution >= 0.6 is 24.2 Å². The van der Waals surface area contributed by atoms with Gasteiger partial charge < -0.3 is 5.32 Å². The Hall–Kier alpha value is -1.48. The number of rotatable bonds is 3. The van der Waals surface area contributed by atoms with Crippen LogP contribution in [0.2, 0.25) is 5.02 Å². The molecule has 0 unspecified atom stereocenters. The summed E-state index contributed by atoms with van der Waals surface area (Å²) in [5, 5.41) is 5.86. The van der Waals surface area contributed by atoms with Gasteiger partial charge in [-0.3, -0.25) is 4.79 Å². The molecule has 10 heteroatoms. The quantitative estimate of drug-likeness (QED) is 0.845. The summed E-state index contributed by atoms with van der Waals surface area (Å²) < 4.78 is 39.5. The molecule has 114 valence electrons. The smallest absolute Gasteiger partial charge is 0.350 e. The SMILES string of the molecule is Cc1cc(C(F)(F)F)n2nc(C(=O)NCCS)c(Cl)c2n1. The summed E-state index contributed by atoms with van der Waals surface area (Å²) in [6.45, 7) is 1.64. The lowest BCUT2D eigenvalue weighted by Gasteiger charge is -2.09. The minimum absolute atomic E-state index is 0.124. The van der Waals surface area contributed by atoms with E-state index in [1.54, 1.807) is 0 Å². The van der Waals surface area contributed by atoms with E-state index in [4.69, 9.17) is 11.6 Å². The van der Waals surface area contributed by atoms with E-state index in [9.17, 15) is 18.0 Å². The predicted octanol–water partition coefficient (Wildman–Crippen LogP) is 2.37. The fourth-order valence-corrected chi connectivity index (χ4v) is 2.07. The number of aromatic nitrogens is 3. The summed E-state index contributed by atoms with van der Waals surface area (Å²) in [4.78, 5) is 15.7. The normalized spacial score (nSPS) is 11.9. The second kappa shape index (κ2) is 5.72. The van der Waals surface area contributed by atoms with E-state index < -0.39 is 17.8 Å². The molecule has 0 saturated heterocycles. The van der Waals surface area contributed by atoms with Crippen molar-refractivity contribution in [3.05, 3.63) is 28.2 Å². The Kier molecular flexibility index (Phi) is 4.33. The van der Waals surface area contributed by atoms with Crippen molar-refractivity contribution in [2.45, 2.75) is 13.1 Å². The molecule has 0 fully saturated rings. The molecule has 2 heterocycles. The Bertz CT molecular complexity index is 701. The topological polar surface area (TPSA) is 59.3 Å². The number of thiol groups is 1. The van der Waals surface area contributed by atoms with Crippen LogP contribution in [0.15, 0.2) is 6.07 Å². The van der Waals surface area contributed by atoms with Gasteiger partial charge in [0, 0.05) is 18.0 Å². The van der Waals surface area contributed by atoms with Gasteiger partial charge in [0.1, 0.15) is 10.7 Å². The summed E-state index contributed by atoms with van der Waals surface area (Å²) >= 11 is 9.85. The number of nitrogens with zero attached hydrogens (tertiary/aromatic N) is 3. The van der Waals surface area contributed by atoms with Crippen LogP contribution in [0.3, 0.4) is 0 Å². The molecule has 0 atom stereocenters. The molecule has 2 rings (SSSR count). The van der Waals surface area contributed by atoms with Crippen LogP contribution in [0.5, 0.6) is 0 Å². The maximum Gasteiger partial charge on any atom is 0.433 e. The molecule has 0 aromatic carbocycles. The summed E-state index contributed by atoms with van der Waals surface area (Å²) in [5.41, 5.74) is -1.43. The van der Waals surface area contributed by atoms with Crippen molar-refractivity contribution in [1.82, 2.24) is 19.9 Å². The van der Waals surface area contributed by atoms with Crippen LogP contribution in [0.1, 0.15) is 21.9 Å². The Morgan fingerprint density at radius 2 is 2.19 bits per heavy atom. The molecule has 2 aromatic heterocycles. The van der Waals surface area contributed by atoms with Gasteiger partial charge in [0.25, 0.3) is 5.91 Å². The van der Waals surface area contributed by atoms with Gasteiger partial charge in [0.05, 0.1) is 0 Å². The molecule has 0 aliphatic carbocycles. The maximum absolute atomic E-state index is 13.0. The predicted molar refractivity (Wildman–Crippen MR) is 73.9 cm³/mol. The van der Waals surface area contributed by atoms with E-state index in [1.165, 1.54) is 6.92 Å². The highest BCUT2D eigenvalue weighted by Crippen LogP contribution is 2.32. The second-order valence-corrected chi connectivity index (χ2v) is 4.98.